The molecule has 6 heteroatoms. The number of allylic oxidation sites excluding steroid dienone is 2. The van der Waals surface area contributed by atoms with Gasteiger partial charge in [-0.15, -0.1) is 0 Å². The third-order valence-corrected chi connectivity index (χ3v) is 66.5. The van der Waals surface area contributed by atoms with Crippen LogP contribution in [0.1, 0.15) is 36.7 Å². The predicted octanol–water partition coefficient (Wildman–Crippen LogP) is 9.90. The molecule has 0 spiro atoms. The molecule has 2 aromatic carbocycles. The molecular weight excluding hydrogens is 520 g/mol. The second-order valence-corrected chi connectivity index (χ2v) is 52.8. The number of carbonyl (C=O) groups excluding carboxylic acids is 1. The molecule has 0 aliphatic carbocycles. The van der Waals surface area contributed by atoms with Crippen LogP contribution in [0, 0.1) is 5.41 Å². The molecule has 1 atom stereocenters. The Kier molecular flexibility index (Phi) is 8.09. The van der Waals surface area contributed by atoms with Crippen molar-refractivity contribution in [3.8, 4) is 0 Å². The molecule has 1 aliphatic heterocycles. The lowest BCUT2D eigenvalue weighted by molar-refractivity contribution is 0.104. The SMILES string of the molecule is CC(C)(C)C1=C(c2ccccc2)[Si]([Si](C)(C)C)([Si](C)(C)C)P1/C=C(/C(=O)c1ccccc1)[Si](C)(C)C. The van der Waals surface area contributed by atoms with Crippen LogP contribution in [0.4, 0.5) is 0 Å². The quantitative estimate of drug-likeness (QED) is 0.141. The third kappa shape index (κ3) is 5.11. The van der Waals surface area contributed by atoms with Gasteiger partial charge in [0.15, 0.2) is 5.78 Å². The predicted molar refractivity (Wildman–Crippen MR) is 174 cm³/mol. The Labute approximate surface area is 225 Å². The first-order valence-corrected chi connectivity index (χ1v) is 30.0. The van der Waals surface area contributed by atoms with Gasteiger partial charge in [0.2, 0.25) is 0 Å². The maximum atomic E-state index is 14.1. The molecule has 0 fully saturated rings. The van der Waals surface area contributed by atoms with Gasteiger partial charge in [-0.05, 0) is 26.7 Å². The highest BCUT2D eigenvalue weighted by Gasteiger charge is 2.69. The van der Waals surface area contributed by atoms with Crippen molar-refractivity contribution in [2.75, 3.05) is 0 Å². The van der Waals surface area contributed by atoms with Crippen molar-refractivity contribution in [3.05, 3.63) is 88.1 Å². The fourth-order valence-electron chi connectivity index (χ4n) is 6.44. The van der Waals surface area contributed by atoms with Crippen molar-refractivity contribution in [2.24, 2.45) is 5.41 Å². The van der Waals surface area contributed by atoms with Gasteiger partial charge in [0.25, 0.3) is 0 Å². The molecule has 0 aromatic heterocycles. The maximum absolute atomic E-state index is 14.1. The van der Waals surface area contributed by atoms with Gasteiger partial charge >= 0.3 is 0 Å². The first-order chi connectivity index (χ1) is 16.3. The topological polar surface area (TPSA) is 17.1 Å². The minimum atomic E-state index is -1.89. The zero-order valence-electron chi connectivity index (χ0n) is 24.7. The van der Waals surface area contributed by atoms with Gasteiger partial charge < -0.3 is 0 Å². The fourth-order valence-corrected chi connectivity index (χ4v) is 77.6. The summed E-state index contributed by atoms with van der Waals surface area (Å²) in [4.78, 5) is 14.1. The second-order valence-electron chi connectivity index (χ2n) is 14.4. The van der Waals surface area contributed by atoms with Gasteiger partial charge in [-0.2, -0.15) is 0 Å². The molecule has 1 nitrogen and oxygen atoms in total. The molecule has 1 aliphatic rings. The molecule has 0 saturated carbocycles. The van der Waals surface area contributed by atoms with E-state index in [0.29, 0.717) is 0 Å². The zero-order chi connectivity index (χ0) is 27.3. The summed E-state index contributed by atoms with van der Waals surface area (Å²) < 4.78 is 0. The number of rotatable bonds is 7. The number of carbonyl (C=O) groups is 1. The Bertz CT molecular complexity index is 1160. The normalized spacial score (nSPS) is 19.2. The van der Waals surface area contributed by atoms with Crippen LogP contribution in [-0.4, -0.2) is 35.8 Å². The molecule has 0 N–H and O–H groups in total. The summed E-state index contributed by atoms with van der Waals surface area (Å²) in [6.07, 6.45) is 0. The van der Waals surface area contributed by atoms with Crippen molar-refractivity contribution >= 4 is 48.5 Å². The highest BCUT2D eigenvalue weighted by atomic mass is 31.5. The molecule has 0 saturated heterocycles. The summed E-state index contributed by atoms with van der Waals surface area (Å²) in [6, 6.07) is 21.3. The average molecular weight is 567 g/mol. The van der Waals surface area contributed by atoms with Gasteiger partial charge in [0.05, 0.1) is 8.07 Å². The molecule has 194 valence electrons. The molecule has 0 radical (unpaired) electrons. The number of ketones is 1. The zero-order valence-corrected chi connectivity index (χ0v) is 29.6. The summed E-state index contributed by atoms with van der Waals surface area (Å²) in [5.74, 6) is 2.90. The van der Waals surface area contributed by atoms with Gasteiger partial charge in [0.1, 0.15) is 6.78 Å². The number of hydrogen-bond donors (Lipinski definition) is 0. The summed E-state index contributed by atoms with van der Waals surface area (Å²) in [6.45, 7) is 28.3. The van der Waals surface area contributed by atoms with Gasteiger partial charge in [0, 0.05) is 20.7 Å². The highest BCUT2D eigenvalue weighted by Crippen LogP contribution is 2.78. The van der Waals surface area contributed by atoms with Crippen molar-refractivity contribution < 1.29 is 4.79 Å². The minimum absolute atomic E-state index is 0.0868. The van der Waals surface area contributed by atoms with Crippen LogP contribution in [0.3, 0.4) is 0 Å². The molecule has 2 aromatic rings. The number of hydrogen-bond acceptors (Lipinski definition) is 1. The van der Waals surface area contributed by atoms with E-state index >= 15 is 0 Å². The largest absolute Gasteiger partial charge is 0.289 e. The van der Waals surface area contributed by atoms with E-state index in [9.17, 15) is 4.79 Å². The smallest absolute Gasteiger partial charge is 0.185 e. The van der Waals surface area contributed by atoms with Crippen LogP contribution in [0.5, 0.6) is 0 Å². The van der Waals surface area contributed by atoms with E-state index in [-0.39, 0.29) is 11.2 Å². The monoisotopic (exact) mass is 566 g/mol. The Balaban J connectivity index is 2.45. The summed E-state index contributed by atoms with van der Waals surface area (Å²) in [5.41, 5.74) is 2.40. The lowest BCUT2D eigenvalue weighted by Crippen LogP contribution is -2.74. The molecule has 0 bridgehead atoms. The fraction of sp³-hybridized carbons (Fsp3) is 0.433. The van der Waals surface area contributed by atoms with Crippen LogP contribution in [0.2, 0.25) is 58.9 Å². The first-order valence-electron chi connectivity index (χ1n) is 13.3. The second kappa shape index (κ2) is 9.89. The molecule has 0 amide bonds. The molecule has 1 unspecified atom stereocenters. The van der Waals surface area contributed by atoms with E-state index in [1.54, 1.807) is 10.5 Å². The van der Waals surface area contributed by atoms with Crippen LogP contribution >= 0.6 is 7.47 Å². The average Bonchev–Trinajstić information content (AvgIpc) is 2.70. The summed E-state index contributed by atoms with van der Waals surface area (Å²) in [7, 11) is -5.55. The molecule has 1 heterocycles. The first kappa shape index (κ1) is 29.4. The lowest BCUT2D eigenvalue weighted by atomic mass is 9.94. The Morgan fingerprint density at radius 3 is 1.58 bits per heavy atom. The molecule has 36 heavy (non-hydrogen) atoms. The van der Waals surface area contributed by atoms with Crippen molar-refractivity contribution in [3.63, 3.8) is 0 Å². The van der Waals surface area contributed by atoms with Gasteiger partial charge in [-0.3, -0.25) is 4.79 Å². The van der Waals surface area contributed by atoms with Crippen molar-refractivity contribution in [1.82, 2.24) is 0 Å². The van der Waals surface area contributed by atoms with E-state index in [0.717, 1.165) is 10.8 Å². The maximum Gasteiger partial charge on any atom is 0.185 e. The number of benzene rings is 2. The van der Waals surface area contributed by atoms with Crippen molar-refractivity contribution in [2.45, 2.75) is 79.7 Å². The van der Waals surface area contributed by atoms with Crippen LogP contribution < -0.4 is 0 Å². The van der Waals surface area contributed by atoms with E-state index < -0.39 is 37.5 Å². The highest BCUT2D eigenvalue weighted by molar-refractivity contribution is 8.26. The van der Waals surface area contributed by atoms with E-state index in [1.807, 2.05) is 30.3 Å². The number of Topliss-reactive ketones (excluding diaryl/α,β-unsaturated/α-hetero) is 1. The third-order valence-electron chi connectivity index (χ3n) is 7.49. The standard InChI is InChI=1S/C30H47OPSi4/c1-30(2,3)29-28(25-21-17-14-18-22-25)36(34(7,8)9,35(10,11)12)32(29)23-26(33(4,5)6)27(31)24-19-15-13-16-20-24/h13-23H,1-12H3/b26-23-. The van der Waals surface area contributed by atoms with Gasteiger partial charge in [-0.25, -0.2) is 0 Å². The van der Waals surface area contributed by atoms with E-state index in [2.05, 4.69) is 116 Å². The van der Waals surface area contributed by atoms with Crippen LogP contribution in [-0.2, 0) is 0 Å². The van der Waals surface area contributed by atoms with Crippen LogP contribution in [0.25, 0.3) is 5.20 Å². The summed E-state index contributed by atoms with van der Waals surface area (Å²) in [5, 5.41) is 4.61. The lowest BCUT2D eigenvalue weighted by Gasteiger charge is -2.65. The Morgan fingerprint density at radius 2 is 1.19 bits per heavy atom. The van der Waals surface area contributed by atoms with Gasteiger partial charge in [-0.1, -0.05) is 154 Å². The van der Waals surface area contributed by atoms with E-state index in [1.165, 1.54) is 5.56 Å². The van der Waals surface area contributed by atoms with E-state index in [4.69, 9.17) is 0 Å². The van der Waals surface area contributed by atoms with Crippen molar-refractivity contribution in [1.29, 1.82) is 0 Å². The Hall–Kier alpha value is -1.11. The minimum Gasteiger partial charge on any atom is -0.289 e. The Morgan fingerprint density at radius 1 is 0.750 bits per heavy atom. The molecular formula is C30H47OPSi4. The summed E-state index contributed by atoms with van der Waals surface area (Å²) >= 11 is 0. The van der Waals surface area contributed by atoms with Crippen LogP contribution in [0.15, 0.2) is 77.0 Å². The molecule has 3 rings (SSSR count).